The largest absolute Gasteiger partial charge is 0.472 e. The van der Waals surface area contributed by atoms with Crippen molar-refractivity contribution < 1.29 is 18.7 Å². The van der Waals surface area contributed by atoms with Gasteiger partial charge in [-0.25, -0.2) is 4.79 Å². The molecule has 0 aliphatic carbocycles. The lowest BCUT2D eigenvalue weighted by Crippen LogP contribution is -2.24. The number of nitrogens with zero attached hydrogens (tertiary/aromatic N) is 1. The molecule has 0 spiro atoms. The number of carbonyl (C=O) groups is 1. The molecule has 0 aromatic carbocycles. The predicted octanol–water partition coefficient (Wildman–Crippen LogP) is 1.53. The van der Waals surface area contributed by atoms with Gasteiger partial charge in [-0.2, -0.15) is 5.26 Å². The summed E-state index contributed by atoms with van der Waals surface area (Å²) in [6.45, 7) is 1.60. The number of ether oxygens (including phenoxy) is 2. The average Bonchev–Trinajstić information content (AvgIpc) is 2.90. The first-order valence-corrected chi connectivity index (χ1v) is 5.49. The molecule has 19 heavy (non-hydrogen) atoms. The van der Waals surface area contributed by atoms with Crippen LogP contribution in [0.3, 0.4) is 0 Å². The third-order valence-electron chi connectivity index (χ3n) is 2.89. The van der Waals surface area contributed by atoms with Crippen LogP contribution in [0.5, 0.6) is 0 Å². The smallest absolute Gasteiger partial charge is 0.338 e. The minimum atomic E-state index is -0.634. The molecule has 98 valence electrons. The summed E-state index contributed by atoms with van der Waals surface area (Å²) < 4.78 is 15.0. The molecular weight excluding hydrogens is 248 g/mol. The number of allylic oxidation sites excluding steroid dienone is 2. The first-order chi connectivity index (χ1) is 9.10. The standard InChI is InChI=1S/C13H12N2O4/c1-7-10(13(16)17-2)11(8-3-4-18-6-8)9(5-14)12(15)19-7/h3-4,6,11H,15H2,1-2H3. The van der Waals surface area contributed by atoms with Crippen molar-refractivity contribution in [1.29, 1.82) is 5.26 Å². The Bertz CT molecular complexity index is 605. The van der Waals surface area contributed by atoms with E-state index < -0.39 is 11.9 Å². The SMILES string of the molecule is COC(=O)C1=C(C)OC(N)=C(C#N)C1c1ccoc1. The van der Waals surface area contributed by atoms with Crippen molar-refractivity contribution in [3.8, 4) is 6.07 Å². The molecule has 0 saturated heterocycles. The fraction of sp³-hybridized carbons (Fsp3) is 0.231. The summed E-state index contributed by atoms with van der Waals surface area (Å²) in [7, 11) is 1.27. The van der Waals surface area contributed by atoms with E-state index >= 15 is 0 Å². The minimum absolute atomic E-state index is 0.0150. The van der Waals surface area contributed by atoms with Gasteiger partial charge in [0.15, 0.2) is 0 Å². The number of rotatable bonds is 2. The first kappa shape index (κ1) is 12.8. The Morgan fingerprint density at radius 3 is 2.84 bits per heavy atom. The Morgan fingerprint density at radius 1 is 1.58 bits per heavy atom. The van der Waals surface area contributed by atoms with Crippen molar-refractivity contribution in [2.24, 2.45) is 5.73 Å². The van der Waals surface area contributed by atoms with Crippen LogP contribution in [-0.4, -0.2) is 13.1 Å². The number of nitrogens with two attached hydrogens (primary N) is 1. The Kier molecular flexibility index (Phi) is 3.29. The zero-order valence-electron chi connectivity index (χ0n) is 10.5. The zero-order valence-corrected chi connectivity index (χ0v) is 10.5. The maximum atomic E-state index is 11.9. The maximum absolute atomic E-state index is 11.9. The second-order valence-corrected chi connectivity index (χ2v) is 3.94. The summed E-state index contributed by atoms with van der Waals surface area (Å²) >= 11 is 0. The van der Waals surface area contributed by atoms with E-state index in [9.17, 15) is 10.1 Å². The van der Waals surface area contributed by atoms with E-state index in [-0.39, 0.29) is 17.0 Å². The molecule has 2 N–H and O–H groups in total. The average molecular weight is 260 g/mol. The van der Waals surface area contributed by atoms with Gasteiger partial charge in [0, 0.05) is 5.56 Å². The third kappa shape index (κ3) is 2.06. The fourth-order valence-electron chi connectivity index (χ4n) is 2.03. The Hall–Kier alpha value is -2.68. The van der Waals surface area contributed by atoms with E-state index in [1.165, 1.54) is 19.6 Å². The van der Waals surface area contributed by atoms with Crippen molar-refractivity contribution in [1.82, 2.24) is 0 Å². The molecule has 1 aromatic rings. The van der Waals surface area contributed by atoms with Gasteiger partial charge in [-0.15, -0.1) is 0 Å². The molecule has 1 aliphatic rings. The quantitative estimate of drug-likeness (QED) is 0.810. The minimum Gasteiger partial charge on any atom is -0.472 e. The summed E-state index contributed by atoms with van der Waals surface area (Å²) in [5.41, 5.74) is 6.74. The van der Waals surface area contributed by atoms with E-state index in [0.717, 1.165) is 0 Å². The highest BCUT2D eigenvalue weighted by Crippen LogP contribution is 2.39. The Morgan fingerprint density at radius 2 is 2.32 bits per heavy atom. The molecule has 6 nitrogen and oxygen atoms in total. The van der Waals surface area contributed by atoms with Crippen LogP contribution >= 0.6 is 0 Å². The summed E-state index contributed by atoms with van der Waals surface area (Å²) in [6, 6.07) is 3.63. The summed E-state index contributed by atoms with van der Waals surface area (Å²) in [5, 5.41) is 9.22. The van der Waals surface area contributed by atoms with Gasteiger partial charge in [-0.3, -0.25) is 0 Å². The van der Waals surface area contributed by atoms with Crippen molar-refractivity contribution >= 4 is 5.97 Å². The van der Waals surface area contributed by atoms with E-state index in [0.29, 0.717) is 11.3 Å². The van der Waals surface area contributed by atoms with Crippen LogP contribution in [0.1, 0.15) is 18.4 Å². The lowest BCUT2D eigenvalue weighted by atomic mass is 9.84. The molecule has 2 rings (SSSR count). The molecule has 1 aromatic heterocycles. The van der Waals surface area contributed by atoms with Gasteiger partial charge in [0.25, 0.3) is 0 Å². The normalized spacial score (nSPS) is 18.9. The van der Waals surface area contributed by atoms with Crippen molar-refractivity contribution in [3.05, 3.63) is 46.9 Å². The number of furan rings is 1. The van der Waals surface area contributed by atoms with Crippen molar-refractivity contribution in [2.45, 2.75) is 12.8 Å². The lowest BCUT2D eigenvalue weighted by Gasteiger charge is -2.25. The highest BCUT2D eigenvalue weighted by molar-refractivity contribution is 5.92. The second kappa shape index (κ2) is 4.90. The molecule has 0 fully saturated rings. The van der Waals surface area contributed by atoms with E-state index in [4.69, 9.17) is 19.6 Å². The second-order valence-electron chi connectivity index (χ2n) is 3.94. The monoisotopic (exact) mass is 260 g/mol. The summed E-state index contributed by atoms with van der Waals surface area (Å²) in [5.74, 6) is -0.901. The van der Waals surface area contributed by atoms with Crippen molar-refractivity contribution in [3.63, 3.8) is 0 Å². The molecule has 1 aliphatic heterocycles. The van der Waals surface area contributed by atoms with Gasteiger partial charge in [0.2, 0.25) is 5.88 Å². The molecule has 1 atom stereocenters. The molecule has 1 unspecified atom stereocenters. The van der Waals surface area contributed by atoms with Crippen molar-refractivity contribution in [2.75, 3.05) is 7.11 Å². The predicted molar refractivity (Wildman–Crippen MR) is 64.1 cm³/mol. The highest BCUT2D eigenvalue weighted by atomic mass is 16.5. The maximum Gasteiger partial charge on any atom is 0.338 e. The molecule has 0 radical (unpaired) electrons. The summed E-state index contributed by atoms with van der Waals surface area (Å²) in [4.78, 5) is 11.9. The number of hydrogen-bond acceptors (Lipinski definition) is 6. The van der Waals surface area contributed by atoms with Crippen LogP contribution in [0.25, 0.3) is 0 Å². The summed E-state index contributed by atoms with van der Waals surface area (Å²) in [6.07, 6.45) is 2.91. The molecular formula is C13H12N2O4. The van der Waals surface area contributed by atoms with E-state index in [2.05, 4.69) is 0 Å². The number of esters is 1. The van der Waals surface area contributed by atoms with Gasteiger partial charge in [-0.05, 0) is 13.0 Å². The molecule has 0 amide bonds. The zero-order chi connectivity index (χ0) is 14.0. The Balaban J connectivity index is 2.61. The number of carbonyl (C=O) groups excluding carboxylic acids is 1. The lowest BCUT2D eigenvalue weighted by molar-refractivity contribution is -0.136. The van der Waals surface area contributed by atoms with Crippen LogP contribution in [0.15, 0.2) is 45.8 Å². The van der Waals surface area contributed by atoms with Crippen LogP contribution < -0.4 is 5.73 Å². The van der Waals surface area contributed by atoms with E-state index in [1.54, 1.807) is 13.0 Å². The Labute approximate surface area is 109 Å². The van der Waals surface area contributed by atoms with Gasteiger partial charge in [0.05, 0.1) is 31.1 Å². The molecule has 6 heteroatoms. The molecule has 0 saturated carbocycles. The number of nitriles is 1. The number of methoxy groups -OCH3 is 1. The van der Waals surface area contributed by atoms with Crippen LogP contribution in [0.2, 0.25) is 0 Å². The van der Waals surface area contributed by atoms with Crippen LogP contribution in [0.4, 0.5) is 0 Å². The third-order valence-corrected chi connectivity index (χ3v) is 2.89. The topological polar surface area (TPSA) is 98.5 Å². The van der Waals surface area contributed by atoms with Crippen LogP contribution in [0, 0.1) is 11.3 Å². The molecule has 0 bridgehead atoms. The van der Waals surface area contributed by atoms with Crippen LogP contribution in [-0.2, 0) is 14.3 Å². The van der Waals surface area contributed by atoms with E-state index in [1.807, 2.05) is 6.07 Å². The molecule has 2 heterocycles. The van der Waals surface area contributed by atoms with Gasteiger partial charge in [0.1, 0.15) is 17.4 Å². The number of hydrogen-bond donors (Lipinski definition) is 1. The fourth-order valence-corrected chi connectivity index (χ4v) is 2.03. The first-order valence-electron chi connectivity index (χ1n) is 5.49. The van der Waals surface area contributed by atoms with Gasteiger partial charge >= 0.3 is 5.97 Å². The highest BCUT2D eigenvalue weighted by Gasteiger charge is 2.36. The van der Waals surface area contributed by atoms with Gasteiger partial charge < -0.3 is 19.6 Å². The van der Waals surface area contributed by atoms with Gasteiger partial charge in [-0.1, -0.05) is 0 Å².